The van der Waals surface area contributed by atoms with Crippen LogP contribution in [0.2, 0.25) is 0 Å². The summed E-state index contributed by atoms with van der Waals surface area (Å²) in [5.74, 6) is 0.176. The van der Waals surface area contributed by atoms with Crippen LogP contribution in [0.5, 0.6) is 11.5 Å². The summed E-state index contributed by atoms with van der Waals surface area (Å²) in [4.78, 5) is 0. The first-order valence-electron chi connectivity index (χ1n) is 4.85. The van der Waals surface area contributed by atoms with Crippen molar-refractivity contribution in [3.8, 4) is 11.5 Å². The fourth-order valence-electron chi connectivity index (χ4n) is 1.08. The minimum absolute atomic E-state index is 0.0880. The van der Waals surface area contributed by atoms with E-state index in [1.54, 1.807) is 6.07 Å². The molecule has 3 N–H and O–H groups in total. The molecule has 16 heavy (non-hydrogen) atoms. The Morgan fingerprint density at radius 2 is 1.31 bits per heavy atom. The zero-order chi connectivity index (χ0) is 11.8. The number of rotatable bonds is 1. The highest BCUT2D eigenvalue weighted by Crippen LogP contribution is 2.14. The van der Waals surface area contributed by atoms with E-state index in [1.165, 1.54) is 18.2 Å². The first-order chi connectivity index (χ1) is 7.72. The van der Waals surface area contributed by atoms with Crippen LogP contribution >= 0.6 is 0 Å². The first kappa shape index (κ1) is 12.1. The Balaban J connectivity index is 0.000000160. The molecule has 0 aliphatic carbocycles. The van der Waals surface area contributed by atoms with E-state index in [0.717, 1.165) is 5.56 Å². The van der Waals surface area contributed by atoms with Crippen molar-refractivity contribution >= 4 is 0 Å². The summed E-state index contributed by atoms with van der Waals surface area (Å²) in [6.45, 7) is 0.140. The van der Waals surface area contributed by atoms with Crippen LogP contribution in [-0.4, -0.2) is 15.3 Å². The zero-order valence-electron chi connectivity index (χ0n) is 8.74. The Labute approximate surface area is 94.2 Å². The maximum atomic E-state index is 8.65. The number of aliphatic hydroxyl groups is 1. The lowest BCUT2D eigenvalue weighted by atomic mass is 10.2. The second-order valence-corrected chi connectivity index (χ2v) is 3.16. The number of aliphatic hydroxyl groups excluding tert-OH is 1. The van der Waals surface area contributed by atoms with E-state index in [1.807, 2.05) is 30.3 Å². The smallest absolute Gasteiger partial charge is 0.119 e. The van der Waals surface area contributed by atoms with Gasteiger partial charge in [-0.2, -0.15) is 0 Å². The lowest BCUT2D eigenvalue weighted by Crippen LogP contribution is -1.77. The van der Waals surface area contributed by atoms with Gasteiger partial charge in [0.05, 0.1) is 6.61 Å². The van der Waals surface area contributed by atoms with Gasteiger partial charge in [0.1, 0.15) is 11.5 Å². The van der Waals surface area contributed by atoms with Crippen molar-refractivity contribution in [3.05, 3.63) is 60.2 Å². The highest BCUT2D eigenvalue weighted by atomic mass is 16.3. The van der Waals surface area contributed by atoms with Crippen LogP contribution < -0.4 is 0 Å². The van der Waals surface area contributed by atoms with Crippen LogP contribution in [0.25, 0.3) is 0 Å². The number of hydrogen-bond donors (Lipinski definition) is 3. The molecule has 0 aromatic heterocycles. The second-order valence-electron chi connectivity index (χ2n) is 3.16. The van der Waals surface area contributed by atoms with E-state index in [-0.39, 0.29) is 18.1 Å². The summed E-state index contributed by atoms with van der Waals surface area (Å²) in [5, 5.41) is 25.8. The van der Waals surface area contributed by atoms with Crippen molar-refractivity contribution in [3.63, 3.8) is 0 Å². The summed E-state index contributed by atoms with van der Waals surface area (Å²) < 4.78 is 0. The van der Waals surface area contributed by atoms with Gasteiger partial charge >= 0.3 is 0 Å². The average Bonchev–Trinajstić information content (AvgIpc) is 2.31. The van der Waals surface area contributed by atoms with Crippen LogP contribution in [0.3, 0.4) is 0 Å². The molecule has 2 aromatic rings. The molecule has 0 saturated carbocycles. The van der Waals surface area contributed by atoms with Crippen molar-refractivity contribution in [2.24, 2.45) is 0 Å². The van der Waals surface area contributed by atoms with Gasteiger partial charge in [0.2, 0.25) is 0 Å². The molecule has 0 saturated heterocycles. The van der Waals surface area contributed by atoms with Gasteiger partial charge in [-0.05, 0) is 17.7 Å². The van der Waals surface area contributed by atoms with Crippen molar-refractivity contribution in [1.29, 1.82) is 0 Å². The van der Waals surface area contributed by atoms with Gasteiger partial charge in [-0.15, -0.1) is 0 Å². The summed E-state index contributed by atoms with van der Waals surface area (Å²) >= 11 is 0. The van der Waals surface area contributed by atoms with Gasteiger partial charge in [-0.1, -0.05) is 36.4 Å². The third-order valence-corrected chi connectivity index (χ3v) is 1.86. The van der Waals surface area contributed by atoms with E-state index < -0.39 is 0 Å². The Kier molecular flexibility index (Phi) is 4.89. The maximum absolute atomic E-state index is 8.65. The fraction of sp³-hybridized carbons (Fsp3) is 0.0769. The van der Waals surface area contributed by atoms with Crippen LogP contribution in [0.1, 0.15) is 5.56 Å². The minimum atomic E-state index is 0.0880. The number of benzene rings is 2. The number of hydrogen-bond acceptors (Lipinski definition) is 3. The summed E-state index contributed by atoms with van der Waals surface area (Å²) in [6, 6.07) is 15.4. The largest absolute Gasteiger partial charge is 0.508 e. The third kappa shape index (κ3) is 4.48. The molecule has 0 bridgehead atoms. The molecule has 0 spiro atoms. The van der Waals surface area contributed by atoms with Crippen LogP contribution in [0, 0.1) is 0 Å². The quantitative estimate of drug-likeness (QED) is 0.688. The van der Waals surface area contributed by atoms with Crippen molar-refractivity contribution in [2.75, 3.05) is 0 Å². The Morgan fingerprint density at radius 1 is 0.750 bits per heavy atom. The average molecular weight is 218 g/mol. The van der Waals surface area contributed by atoms with Crippen molar-refractivity contribution < 1.29 is 15.3 Å². The van der Waals surface area contributed by atoms with Gasteiger partial charge in [0, 0.05) is 6.07 Å². The molecule has 3 nitrogen and oxygen atoms in total. The monoisotopic (exact) mass is 218 g/mol. The molecule has 0 amide bonds. The molecule has 3 heteroatoms. The SMILES string of the molecule is OCc1ccccc1.Oc1cccc(O)c1. The number of phenolic OH excluding ortho intramolecular Hbond substituents is 2. The molecule has 2 rings (SSSR count). The molecular formula is C13H14O3. The van der Waals surface area contributed by atoms with Gasteiger partial charge in [-0.3, -0.25) is 0 Å². The fourth-order valence-corrected chi connectivity index (χ4v) is 1.08. The van der Waals surface area contributed by atoms with Crippen LogP contribution in [0.15, 0.2) is 54.6 Å². The Morgan fingerprint density at radius 3 is 1.62 bits per heavy atom. The van der Waals surface area contributed by atoms with Gasteiger partial charge in [0.25, 0.3) is 0 Å². The van der Waals surface area contributed by atoms with Crippen molar-refractivity contribution in [1.82, 2.24) is 0 Å². The molecule has 2 aromatic carbocycles. The van der Waals surface area contributed by atoms with Crippen molar-refractivity contribution in [2.45, 2.75) is 6.61 Å². The van der Waals surface area contributed by atoms with E-state index in [2.05, 4.69) is 0 Å². The predicted molar refractivity (Wildman–Crippen MR) is 62.1 cm³/mol. The molecule has 0 aliphatic rings. The predicted octanol–water partition coefficient (Wildman–Crippen LogP) is 2.28. The van der Waals surface area contributed by atoms with Crippen LogP contribution in [-0.2, 0) is 6.61 Å². The summed E-state index contributed by atoms with van der Waals surface area (Å²) in [7, 11) is 0. The molecule has 0 aliphatic heterocycles. The third-order valence-electron chi connectivity index (χ3n) is 1.86. The lowest BCUT2D eigenvalue weighted by Gasteiger charge is -1.89. The van der Waals surface area contributed by atoms with E-state index in [0.29, 0.717) is 0 Å². The second kappa shape index (κ2) is 6.48. The van der Waals surface area contributed by atoms with E-state index in [9.17, 15) is 0 Å². The Hall–Kier alpha value is -2.00. The lowest BCUT2D eigenvalue weighted by molar-refractivity contribution is 0.282. The first-order valence-corrected chi connectivity index (χ1v) is 4.85. The number of aromatic hydroxyl groups is 2. The molecule has 0 unspecified atom stereocenters. The maximum Gasteiger partial charge on any atom is 0.119 e. The topological polar surface area (TPSA) is 60.7 Å². The molecule has 84 valence electrons. The van der Waals surface area contributed by atoms with E-state index in [4.69, 9.17) is 15.3 Å². The zero-order valence-corrected chi connectivity index (χ0v) is 8.74. The van der Waals surface area contributed by atoms with Crippen LogP contribution in [0.4, 0.5) is 0 Å². The van der Waals surface area contributed by atoms with Gasteiger partial charge < -0.3 is 15.3 Å². The highest BCUT2D eigenvalue weighted by Gasteiger charge is 1.85. The standard InChI is InChI=1S/C7H8O.C6H6O2/c8-6-7-4-2-1-3-5-7;7-5-2-1-3-6(8)4-5/h1-5,8H,6H2;1-4,7-8H. The minimum Gasteiger partial charge on any atom is -0.508 e. The number of phenols is 2. The summed E-state index contributed by atoms with van der Waals surface area (Å²) in [5.41, 5.74) is 0.965. The van der Waals surface area contributed by atoms with E-state index >= 15 is 0 Å². The highest BCUT2D eigenvalue weighted by molar-refractivity contribution is 5.30. The molecule has 0 fully saturated rings. The summed E-state index contributed by atoms with van der Waals surface area (Å²) in [6.07, 6.45) is 0. The normalized spacial score (nSPS) is 9.06. The Bertz CT molecular complexity index is 395. The molecule has 0 heterocycles. The molecular weight excluding hydrogens is 204 g/mol. The molecule has 0 radical (unpaired) electrons. The van der Waals surface area contributed by atoms with Gasteiger partial charge in [-0.25, -0.2) is 0 Å². The van der Waals surface area contributed by atoms with Gasteiger partial charge in [0.15, 0.2) is 0 Å². The molecule has 0 atom stereocenters.